The summed E-state index contributed by atoms with van der Waals surface area (Å²) in [5.41, 5.74) is 6.00. The fourth-order valence-electron chi connectivity index (χ4n) is 2.03. The van der Waals surface area contributed by atoms with Gasteiger partial charge in [-0.05, 0) is 12.3 Å². The summed E-state index contributed by atoms with van der Waals surface area (Å²) in [5.74, 6) is 0.628. The van der Waals surface area contributed by atoms with Crippen LogP contribution in [0.15, 0.2) is 6.20 Å². The smallest absolute Gasteiger partial charge is 0.0925 e. The summed E-state index contributed by atoms with van der Waals surface area (Å²) in [4.78, 5) is 8.18. The molecule has 2 atom stereocenters. The molecule has 0 amide bonds. The summed E-state index contributed by atoms with van der Waals surface area (Å²) < 4.78 is 0. The largest absolute Gasteiger partial charge is 0.326 e. The maximum Gasteiger partial charge on any atom is 0.0925 e. The van der Waals surface area contributed by atoms with Gasteiger partial charge >= 0.3 is 0 Å². The highest BCUT2D eigenvalue weighted by molar-refractivity contribution is 7.11. The molecule has 0 spiro atoms. The number of aryl methyl sites for hydroxylation is 1. The van der Waals surface area contributed by atoms with E-state index in [9.17, 15) is 0 Å². The number of aromatic nitrogens is 1. The van der Waals surface area contributed by atoms with Crippen molar-refractivity contribution in [3.05, 3.63) is 16.1 Å². The number of halogens is 1. The number of hydrogen-bond donors (Lipinski definition) is 1. The van der Waals surface area contributed by atoms with E-state index in [1.165, 1.54) is 9.88 Å². The van der Waals surface area contributed by atoms with Crippen LogP contribution in [0, 0.1) is 5.92 Å². The Morgan fingerprint density at radius 3 is 2.81 bits per heavy atom. The van der Waals surface area contributed by atoms with Crippen molar-refractivity contribution in [1.29, 1.82) is 0 Å². The first-order valence-corrected chi connectivity index (χ1v) is 6.42. The third-order valence-electron chi connectivity index (χ3n) is 3.03. The lowest BCUT2D eigenvalue weighted by Gasteiger charge is -2.12. The summed E-state index contributed by atoms with van der Waals surface area (Å²) in [6, 6.07) is 0.351. The molecule has 0 radical (unpaired) electrons. The Morgan fingerprint density at radius 1 is 1.56 bits per heavy atom. The Balaban J connectivity index is 0.00000128. The molecule has 5 heteroatoms. The van der Waals surface area contributed by atoms with E-state index in [0.29, 0.717) is 12.0 Å². The van der Waals surface area contributed by atoms with E-state index in [0.717, 1.165) is 26.1 Å². The Labute approximate surface area is 107 Å². The minimum atomic E-state index is 0. The first kappa shape index (κ1) is 13.9. The normalized spacial score (nSPS) is 25.7. The quantitative estimate of drug-likeness (QED) is 0.904. The highest BCUT2D eigenvalue weighted by Gasteiger charge is 2.26. The van der Waals surface area contributed by atoms with Crippen molar-refractivity contribution in [2.75, 3.05) is 13.1 Å². The van der Waals surface area contributed by atoms with Gasteiger partial charge in [-0.3, -0.25) is 4.90 Å². The predicted molar refractivity (Wildman–Crippen MR) is 71.2 cm³/mol. The van der Waals surface area contributed by atoms with Crippen molar-refractivity contribution in [2.45, 2.75) is 32.9 Å². The lowest BCUT2D eigenvalue weighted by Crippen LogP contribution is -2.28. The van der Waals surface area contributed by atoms with Crippen LogP contribution in [0.3, 0.4) is 0 Å². The molecule has 2 rings (SSSR count). The van der Waals surface area contributed by atoms with Gasteiger partial charge in [0.25, 0.3) is 0 Å². The molecule has 2 heterocycles. The molecule has 1 aromatic rings. The van der Waals surface area contributed by atoms with Crippen LogP contribution in [0.2, 0.25) is 0 Å². The second-order valence-electron chi connectivity index (χ2n) is 4.41. The molecule has 1 saturated heterocycles. The zero-order valence-corrected chi connectivity index (χ0v) is 11.5. The average Bonchev–Trinajstić information content (AvgIpc) is 2.76. The van der Waals surface area contributed by atoms with E-state index < -0.39 is 0 Å². The summed E-state index contributed by atoms with van der Waals surface area (Å²) in [6.07, 6.45) is 3.05. The molecule has 16 heavy (non-hydrogen) atoms. The second-order valence-corrected chi connectivity index (χ2v) is 5.61. The minimum Gasteiger partial charge on any atom is -0.326 e. The third-order valence-corrected chi connectivity index (χ3v) is 4.16. The Kier molecular flexibility index (Phi) is 5.18. The van der Waals surface area contributed by atoms with Crippen LogP contribution in [0.4, 0.5) is 0 Å². The summed E-state index contributed by atoms with van der Waals surface area (Å²) >= 11 is 1.83. The summed E-state index contributed by atoms with van der Waals surface area (Å²) in [6.45, 7) is 7.56. The van der Waals surface area contributed by atoms with Crippen LogP contribution in [0.1, 0.15) is 23.7 Å². The van der Waals surface area contributed by atoms with Gasteiger partial charge in [-0.25, -0.2) is 4.98 Å². The van der Waals surface area contributed by atoms with Gasteiger partial charge in [0.2, 0.25) is 0 Å². The van der Waals surface area contributed by atoms with E-state index in [1.807, 2.05) is 17.5 Å². The molecule has 1 aromatic heterocycles. The van der Waals surface area contributed by atoms with Crippen molar-refractivity contribution in [1.82, 2.24) is 9.88 Å². The molecule has 1 fully saturated rings. The molecular formula is C11H20ClN3S. The fraction of sp³-hybridized carbons (Fsp3) is 0.727. The third kappa shape index (κ3) is 3.17. The zero-order chi connectivity index (χ0) is 10.8. The molecule has 0 bridgehead atoms. The molecular weight excluding hydrogens is 242 g/mol. The van der Waals surface area contributed by atoms with Crippen LogP contribution in [-0.4, -0.2) is 29.0 Å². The second kappa shape index (κ2) is 5.96. The van der Waals surface area contributed by atoms with Gasteiger partial charge in [0.05, 0.1) is 5.01 Å². The Morgan fingerprint density at radius 2 is 2.31 bits per heavy atom. The zero-order valence-electron chi connectivity index (χ0n) is 9.85. The number of hydrogen-bond acceptors (Lipinski definition) is 4. The van der Waals surface area contributed by atoms with Crippen molar-refractivity contribution in [3.63, 3.8) is 0 Å². The fourth-order valence-corrected chi connectivity index (χ4v) is 2.93. The first-order chi connectivity index (χ1) is 7.19. The standard InChI is InChI=1S/C11H19N3S.ClH/c1-3-11-13-4-9(15-11)6-14-5-8(2)10(12)7-14;/h4,8,10H,3,5-7,12H2,1-2H3;1H. The molecule has 92 valence electrons. The lowest BCUT2D eigenvalue weighted by atomic mass is 10.1. The average molecular weight is 262 g/mol. The topological polar surface area (TPSA) is 42.2 Å². The van der Waals surface area contributed by atoms with Crippen LogP contribution < -0.4 is 5.73 Å². The molecule has 1 aliphatic rings. The van der Waals surface area contributed by atoms with Crippen LogP contribution in [0.25, 0.3) is 0 Å². The maximum absolute atomic E-state index is 6.00. The molecule has 0 saturated carbocycles. The lowest BCUT2D eigenvalue weighted by molar-refractivity contribution is 0.321. The number of thiazole rings is 1. The number of rotatable bonds is 3. The number of nitrogens with zero attached hydrogens (tertiary/aromatic N) is 2. The van der Waals surface area contributed by atoms with Gasteiger partial charge in [0.1, 0.15) is 0 Å². The van der Waals surface area contributed by atoms with Crippen molar-refractivity contribution in [3.8, 4) is 0 Å². The van der Waals surface area contributed by atoms with Crippen molar-refractivity contribution in [2.24, 2.45) is 11.7 Å². The van der Waals surface area contributed by atoms with Gasteiger partial charge in [0.15, 0.2) is 0 Å². The van der Waals surface area contributed by atoms with Crippen molar-refractivity contribution < 1.29 is 0 Å². The van der Waals surface area contributed by atoms with E-state index in [4.69, 9.17) is 5.73 Å². The van der Waals surface area contributed by atoms with Gasteiger partial charge in [0, 0.05) is 36.8 Å². The van der Waals surface area contributed by atoms with Gasteiger partial charge < -0.3 is 5.73 Å². The maximum atomic E-state index is 6.00. The molecule has 2 unspecified atom stereocenters. The van der Waals surface area contributed by atoms with Crippen LogP contribution >= 0.6 is 23.7 Å². The molecule has 2 N–H and O–H groups in total. The molecule has 3 nitrogen and oxygen atoms in total. The predicted octanol–water partition coefficient (Wildman–Crippen LogP) is 1.91. The van der Waals surface area contributed by atoms with Crippen LogP contribution in [0.5, 0.6) is 0 Å². The first-order valence-electron chi connectivity index (χ1n) is 5.60. The molecule has 0 aliphatic carbocycles. The van der Waals surface area contributed by atoms with E-state index >= 15 is 0 Å². The monoisotopic (exact) mass is 261 g/mol. The highest BCUT2D eigenvalue weighted by Crippen LogP contribution is 2.20. The highest BCUT2D eigenvalue weighted by atomic mass is 35.5. The Hall–Kier alpha value is -0.160. The van der Waals surface area contributed by atoms with Crippen molar-refractivity contribution >= 4 is 23.7 Å². The van der Waals surface area contributed by atoms with E-state index in [2.05, 4.69) is 23.7 Å². The molecule has 1 aliphatic heterocycles. The number of nitrogens with two attached hydrogens (primary N) is 1. The van der Waals surface area contributed by atoms with Gasteiger partial charge in [-0.15, -0.1) is 23.7 Å². The van der Waals surface area contributed by atoms with Gasteiger partial charge in [-0.1, -0.05) is 13.8 Å². The number of likely N-dealkylation sites (tertiary alicyclic amines) is 1. The minimum absolute atomic E-state index is 0. The SMILES string of the molecule is CCc1ncc(CN2CC(C)C(N)C2)s1.Cl. The summed E-state index contributed by atoms with van der Waals surface area (Å²) in [5, 5.41) is 1.24. The van der Waals surface area contributed by atoms with Crippen LogP contribution in [-0.2, 0) is 13.0 Å². The van der Waals surface area contributed by atoms with E-state index in [1.54, 1.807) is 0 Å². The van der Waals surface area contributed by atoms with Gasteiger partial charge in [-0.2, -0.15) is 0 Å². The Bertz CT molecular complexity index is 319. The summed E-state index contributed by atoms with van der Waals surface area (Å²) in [7, 11) is 0. The molecule has 0 aromatic carbocycles. The van der Waals surface area contributed by atoms with E-state index in [-0.39, 0.29) is 12.4 Å².